The number of benzene rings is 3. The van der Waals surface area contributed by atoms with E-state index in [1.807, 2.05) is 18.2 Å². The highest BCUT2D eigenvalue weighted by atomic mass is 19.1. The predicted molar refractivity (Wildman–Crippen MR) is 87.4 cm³/mol. The molecule has 3 aromatic carbocycles. The van der Waals surface area contributed by atoms with Crippen LogP contribution in [-0.2, 0) is 13.1 Å². The van der Waals surface area contributed by atoms with Crippen LogP contribution in [-0.4, -0.2) is 7.11 Å². The average Bonchev–Trinajstić information content (AvgIpc) is 2.56. The number of nitrogens with one attached hydrogen (secondary N) is 1. The second kappa shape index (κ2) is 6.58. The first-order valence-corrected chi connectivity index (χ1v) is 7.27. The van der Waals surface area contributed by atoms with Crippen LogP contribution in [0.2, 0.25) is 0 Å². The zero-order valence-electron chi connectivity index (χ0n) is 12.5. The molecule has 0 spiro atoms. The molecular formula is C19H18FNO. The van der Waals surface area contributed by atoms with E-state index in [4.69, 9.17) is 4.74 Å². The van der Waals surface area contributed by atoms with Crippen molar-refractivity contribution in [2.75, 3.05) is 7.11 Å². The molecule has 1 N–H and O–H groups in total. The van der Waals surface area contributed by atoms with Crippen molar-refractivity contribution in [3.63, 3.8) is 0 Å². The molecular weight excluding hydrogens is 277 g/mol. The van der Waals surface area contributed by atoms with Crippen molar-refractivity contribution in [3.05, 3.63) is 77.6 Å². The van der Waals surface area contributed by atoms with Crippen LogP contribution < -0.4 is 10.1 Å². The molecule has 0 aromatic heterocycles. The van der Waals surface area contributed by atoms with Gasteiger partial charge in [0.05, 0.1) is 7.11 Å². The maximum atomic E-state index is 13.5. The Labute approximate surface area is 129 Å². The summed E-state index contributed by atoms with van der Waals surface area (Å²) in [5.74, 6) is 0.693. The van der Waals surface area contributed by atoms with Gasteiger partial charge < -0.3 is 10.1 Å². The summed E-state index contributed by atoms with van der Waals surface area (Å²) in [7, 11) is 1.67. The summed E-state index contributed by atoms with van der Waals surface area (Å²) in [6.45, 7) is 1.23. The van der Waals surface area contributed by atoms with Crippen LogP contribution in [0.25, 0.3) is 10.8 Å². The van der Waals surface area contributed by atoms with Crippen molar-refractivity contribution in [2.45, 2.75) is 13.1 Å². The molecule has 3 rings (SSSR count). The van der Waals surface area contributed by atoms with Gasteiger partial charge in [-0.3, -0.25) is 0 Å². The molecule has 0 unspecified atom stereocenters. The first-order chi connectivity index (χ1) is 10.8. The Hall–Kier alpha value is -2.39. The minimum Gasteiger partial charge on any atom is -0.497 e. The highest BCUT2D eigenvalue weighted by molar-refractivity contribution is 5.84. The Morgan fingerprint density at radius 3 is 2.50 bits per heavy atom. The summed E-state index contributed by atoms with van der Waals surface area (Å²) in [6.07, 6.45) is 0. The summed E-state index contributed by atoms with van der Waals surface area (Å²) >= 11 is 0. The molecule has 0 radical (unpaired) electrons. The minimum absolute atomic E-state index is 0.166. The van der Waals surface area contributed by atoms with Crippen LogP contribution in [0.3, 0.4) is 0 Å². The number of ether oxygens (including phenoxy) is 1. The zero-order valence-corrected chi connectivity index (χ0v) is 12.5. The van der Waals surface area contributed by atoms with E-state index in [0.717, 1.165) is 11.1 Å². The van der Waals surface area contributed by atoms with E-state index in [9.17, 15) is 4.39 Å². The maximum Gasteiger partial charge on any atom is 0.127 e. The van der Waals surface area contributed by atoms with E-state index in [1.54, 1.807) is 19.2 Å². The van der Waals surface area contributed by atoms with Gasteiger partial charge in [-0.1, -0.05) is 36.4 Å². The van der Waals surface area contributed by atoms with Crippen LogP contribution in [0.5, 0.6) is 5.75 Å². The number of hydrogen-bond acceptors (Lipinski definition) is 2. The third-order valence-electron chi connectivity index (χ3n) is 3.71. The normalized spacial score (nSPS) is 10.8. The van der Waals surface area contributed by atoms with Gasteiger partial charge in [-0.05, 0) is 40.6 Å². The Morgan fingerprint density at radius 2 is 1.68 bits per heavy atom. The standard InChI is InChI=1S/C19H18FNO/c1-22-18-9-8-15-10-14(6-7-16(15)11-18)12-21-13-17-4-2-3-5-19(17)20/h2-11,21H,12-13H2,1H3. The average molecular weight is 295 g/mol. The third-order valence-corrected chi connectivity index (χ3v) is 3.71. The molecule has 0 aliphatic rings. The van der Waals surface area contributed by atoms with Crippen molar-refractivity contribution in [2.24, 2.45) is 0 Å². The monoisotopic (exact) mass is 295 g/mol. The molecule has 0 aliphatic carbocycles. The molecule has 2 nitrogen and oxygen atoms in total. The number of fused-ring (bicyclic) bond motifs is 1. The fourth-order valence-electron chi connectivity index (χ4n) is 2.49. The number of hydrogen-bond donors (Lipinski definition) is 1. The molecule has 3 aromatic rings. The van der Waals surface area contributed by atoms with E-state index >= 15 is 0 Å². The van der Waals surface area contributed by atoms with Gasteiger partial charge in [-0.15, -0.1) is 0 Å². The Morgan fingerprint density at radius 1 is 0.909 bits per heavy atom. The van der Waals surface area contributed by atoms with Gasteiger partial charge in [0.1, 0.15) is 11.6 Å². The van der Waals surface area contributed by atoms with Gasteiger partial charge in [0.25, 0.3) is 0 Å². The lowest BCUT2D eigenvalue weighted by Gasteiger charge is -2.08. The molecule has 3 heteroatoms. The van der Waals surface area contributed by atoms with Crippen molar-refractivity contribution in [3.8, 4) is 5.75 Å². The molecule has 0 saturated carbocycles. The quantitative estimate of drug-likeness (QED) is 0.758. The van der Waals surface area contributed by atoms with Crippen molar-refractivity contribution >= 4 is 10.8 Å². The van der Waals surface area contributed by atoms with Crippen LogP contribution in [0.15, 0.2) is 60.7 Å². The summed E-state index contributed by atoms with van der Waals surface area (Å²) in [5, 5.41) is 5.60. The smallest absolute Gasteiger partial charge is 0.127 e. The highest BCUT2D eigenvalue weighted by Crippen LogP contribution is 2.21. The highest BCUT2D eigenvalue weighted by Gasteiger charge is 2.01. The lowest BCUT2D eigenvalue weighted by molar-refractivity contribution is 0.415. The van der Waals surface area contributed by atoms with Crippen LogP contribution in [0.1, 0.15) is 11.1 Å². The molecule has 0 fully saturated rings. The topological polar surface area (TPSA) is 21.3 Å². The predicted octanol–water partition coefficient (Wildman–Crippen LogP) is 4.28. The van der Waals surface area contributed by atoms with Crippen molar-refractivity contribution in [1.29, 1.82) is 0 Å². The molecule has 0 heterocycles. The van der Waals surface area contributed by atoms with Crippen molar-refractivity contribution < 1.29 is 9.13 Å². The van der Waals surface area contributed by atoms with Gasteiger partial charge in [-0.25, -0.2) is 4.39 Å². The molecule has 0 atom stereocenters. The van der Waals surface area contributed by atoms with Gasteiger partial charge >= 0.3 is 0 Å². The summed E-state index contributed by atoms with van der Waals surface area (Å²) in [4.78, 5) is 0. The largest absolute Gasteiger partial charge is 0.497 e. The zero-order chi connectivity index (χ0) is 15.4. The van der Waals surface area contributed by atoms with Crippen LogP contribution in [0, 0.1) is 5.82 Å². The van der Waals surface area contributed by atoms with Crippen LogP contribution in [0.4, 0.5) is 4.39 Å². The summed E-state index contributed by atoms with van der Waals surface area (Å²) < 4.78 is 18.8. The fraction of sp³-hybridized carbons (Fsp3) is 0.158. The van der Waals surface area contributed by atoms with Gasteiger partial charge in [0.2, 0.25) is 0 Å². The molecule has 0 saturated heterocycles. The van der Waals surface area contributed by atoms with Gasteiger partial charge in [0, 0.05) is 18.7 Å². The molecule has 0 amide bonds. The van der Waals surface area contributed by atoms with Crippen LogP contribution >= 0.6 is 0 Å². The molecule has 0 aliphatic heterocycles. The Balaban J connectivity index is 1.68. The Kier molecular flexibility index (Phi) is 4.35. The number of rotatable bonds is 5. The van der Waals surface area contributed by atoms with E-state index in [0.29, 0.717) is 18.7 Å². The lowest BCUT2D eigenvalue weighted by atomic mass is 10.1. The maximum absolute atomic E-state index is 13.5. The molecule has 22 heavy (non-hydrogen) atoms. The fourth-order valence-corrected chi connectivity index (χ4v) is 2.49. The van der Waals surface area contributed by atoms with Gasteiger partial charge in [0.15, 0.2) is 0 Å². The molecule has 0 bridgehead atoms. The van der Waals surface area contributed by atoms with Gasteiger partial charge in [-0.2, -0.15) is 0 Å². The van der Waals surface area contributed by atoms with E-state index in [-0.39, 0.29) is 5.82 Å². The van der Waals surface area contributed by atoms with E-state index < -0.39 is 0 Å². The second-order valence-corrected chi connectivity index (χ2v) is 5.24. The molecule has 112 valence electrons. The lowest BCUT2D eigenvalue weighted by Crippen LogP contribution is -2.13. The third kappa shape index (κ3) is 3.26. The van der Waals surface area contributed by atoms with Crippen molar-refractivity contribution in [1.82, 2.24) is 5.32 Å². The minimum atomic E-state index is -0.166. The van der Waals surface area contributed by atoms with E-state index in [2.05, 4.69) is 29.6 Å². The number of halogens is 1. The number of methoxy groups -OCH3 is 1. The SMILES string of the molecule is COc1ccc2cc(CNCc3ccccc3F)ccc2c1. The summed E-state index contributed by atoms with van der Waals surface area (Å²) in [5.41, 5.74) is 1.86. The first-order valence-electron chi connectivity index (χ1n) is 7.27. The van der Waals surface area contributed by atoms with E-state index in [1.165, 1.54) is 17.0 Å². The Bertz CT molecular complexity index is 785. The first kappa shape index (κ1) is 14.5. The second-order valence-electron chi connectivity index (χ2n) is 5.24. The summed E-state index contributed by atoms with van der Waals surface area (Å²) in [6, 6.07) is 19.2.